The third kappa shape index (κ3) is 4.08. The van der Waals surface area contributed by atoms with Crippen LogP contribution in [0.1, 0.15) is 61.4 Å². The van der Waals surface area contributed by atoms with Gasteiger partial charge in [-0.05, 0) is 69.2 Å². The summed E-state index contributed by atoms with van der Waals surface area (Å²) >= 11 is 0. The molecule has 1 amide bonds. The van der Waals surface area contributed by atoms with E-state index in [-0.39, 0.29) is 30.0 Å². The number of phenolic OH excluding ortho intramolecular Hbond substituents is 1. The summed E-state index contributed by atoms with van der Waals surface area (Å²) in [5.41, 5.74) is -1.36. The highest BCUT2D eigenvalue weighted by atomic mass is 19.4. The summed E-state index contributed by atoms with van der Waals surface area (Å²) < 4.78 is 43.9. The Kier molecular flexibility index (Phi) is 6.79. The highest BCUT2D eigenvalue weighted by molar-refractivity contribution is 6.33. The highest BCUT2D eigenvalue weighted by Gasteiger charge is 2.65. The summed E-state index contributed by atoms with van der Waals surface area (Å²) in [5.74, 6) is -6.79. The fourth-order valence-electron chi connectivity index (χ4n) is 7.28. The van der Waals surface area contributed by atoms with E-state index in [2.05, 4.69) is 5.32 Å². The summed E-state index contributed by atoms with van der Waals surface area (Å²) in [4.78, 5) is 26.9. The lowest BCUT2D eigenvalue weighted by atomic mass is 9.56. The number of phenols is 1. The molecule has 3 unspecified atom stereocenters. The molecule has 10 nitrogen and oxygen atoms in total. The predicted molar refractivity (Wildman–Crippen MR) is 140 cm³/mol. The normalized spacial score (nSPS) is 30.8. The zero-order valence-electron chi connectivity index (χ0n) is 22.8. The summed E-state index contributed by atoms with van der Waals surface area (Å²) in [6, 6.07) is -1.02. The molecule has 0 aromatic heterocycles. The number of hydrogen-bond donors (Lipinski definition) is 8. The minimum Gasteiger partial charge on any atom is -0.507 e. The molecule has 0 bridgehead atoms. The molecule has 13 heteroatoms. The van der Waals surface area contributed by atoms with E-state index >= 15 is 0 Å². The molecular weight excluding hydrogens is 545 g/mol. The fourth-order valence-corrected chi connectivity index (χ4v) is 7.28. The summed E-state index contributed by atoms with van der Waals surface area (Å²) in [6.45, 7) is 4.10. The number of halogens is 3. The van der Waals surface area contributed by atoms with Crippen LogP contribution >= 0.6 is 0 Å². The number of fused-ring (bicyclic) bond motifs is 3. The van der Waals surface area contributed by atoms with Crippen molar-refractivity contribution < 1.29 is 48.1 Å². The van der Waals surface area contributed by atoms with Gasteiger partial charge in [-0.25, -0.2) is 0 Å². The summed E-state index contributed by atoms with van der Waals surface area (Å²) in [5, 5.41) is 56.8. The third-order valence-corrected chi connectivity index (χ3v) is 9.41. The number of primary amides is 1. The van der Waals surface area contributed by atoms with Crippen molar-refractivity contribution in [3.63, 3.8) is 0 Å². The van der Waals surface area contributed by atoms with Gasteiger partial charge >= 0.3 is 6.18 Å². The van der Waals surface area contributed by atoms with Gasteiger partial charge in [0.15, 0.2) is 17.4 Å². The van der Waals surface area contributed by atoms with E-state index in [9.17, 15) is 43.2 Å². The van der Waals surface area contributed by atoms with Gasteiger partial charge in [-0.3, -0.25) is 9.59 Å². The first-order valence-corrected chi connectivity index (χ1v) is 13.6. The maximum Gasteiger partial charge on any atom is 0.417 e. The number of benzene rings is 1. The minimum absolute atomic E-state index is 0.144. The zero-order valence-corrected chi connectivity index (χ0v) is 22.8. The first-order chi connectivity index (χ1) is 19.0. The number of nitrogens with two attached hydrogens (primary N) is 1. The number of amides is 1. The molecule has 41 heavy (non-hydrogen) atoms. The molecule has 4 aliphatic rings. The Bertz CT molecular complexity index is 1430. The van der Waals surface area contributed by atoms with E-state index in [0.717, 1.165) is 6.07 Å². The molecule has 1 heterocycles. The Balaban J connectivity index is 1.74. The maximum atomic E-state index is 14.6. The van der Waals surface area contributed by atoms with Crippen LogP contribution in [0.4, 0.5) is 13.2 Å². The first kappa shape index (κ1) is 29.1. The number of nitrogens with one attached hydrogen (secondary N) is 3. The summed E-state index contributed by atoms with van der Waals surface area (Å²) in [6.07, 6.45) is -4.35. The molecule has 5 rings (SSSR count). The number of ketones is 1. The van der Waals surface area contributed by atoms with Crippen molar-refractivity contribution in [1.82, 2.24) is 5.32 Å². The van der Waals surface area contributed by atoms with E-state index in [1.54, 1.807) is 20.9 Å². The molecule has 0 radical (unpaired) electrons. The lowest BCUT2D eigenvalue weighted by Crippen LogP contribution is -3.17. The average molecular weight is 580 g/mol. The monoisotopic (exact) mass is 579 g/mol. The van der Waals surface area contributed by atoms with Crippen molar-refractivity contribution in [1.29, 1.82) is 5.41 Å². The number of rotatable bonds is 4. The van der Waals surface area contributed by atoms with Crippen molar-refractivity contribution >= 4 is 23.2 Å². The SMILES string of the molecule is CC(C)[NH+](C)C1C(O)=C(C(N)=O)C(=N)[C@@]2(O)C(=O)C3=C(O)c4c(O)cc(C5CCCN5)c(C(F)(F)F)c4C[C@H]3C[C@@H]12. The number of aliphatic hydroxyl groups is 3. The van der Waals surface area contributed by atoms with Crippen molar-refractivity contribution in [2.75, 3.05) is 13.6 Å². The second-order valence-corrected chi connectivity index (χ2v) is 11.8. The lowest BCUT2D eigenvalue weighted by Gasteiger charge is -2.50. The number of alkyl halides is 3. The van der Waals surface area contributed by atoms with Gasteiger partial charge in [0.1, 0.15) is 17.1 Å². The van der Waals surface area contributed by atoms with Crippen molar-refractivity contribution in [2.45, 2.75) is 69.4 Å². The van der Waals surface area contributed by atoms with Crippen molar-refractivity contribution in [2.24, 2.45) is 17.6 Å². The van der Waals surface area contributed by atoms with Gasteiger partial charge < -0.3 is 41.8 Å². The van der Waals surface area contributed by atoms with Crippen LogP contribution in [-0.2, 0) is 22.2 Å². The topological polar surface area (TPSA) is 181 Å². The number of carbonyl (C=O) groups excluding carboxylic acids is 2. The quantitative estimate of drug-likeness (QED) is 0.264. The Hall–Kier alpha value is -3.42. The molecular formula is C28H34F3N4O6+. The van der Waals surface area contributed by atoms with Crippen LogP contribution in [0.5, 0.6) is 5.75 Å². The molecule has 222 valence electrons. The van der Waals surface area contributed by atoms with E-state index < -0.39 is 92.6 Å². The molecule has 1 aromatic carbocycles. The summed E-state index contributed by atoms with van der Waals surface area (Å²) in [7, 11) is 1.66. The second kappa shape index (κ2) is 9.57. The smallest absolute Gasteiger partial charge is 0.417 e. The number of hydrogen-bond acceptors (Lipinski definition) is 8. The maximum absolute atomic E-state index is 14.6. The molecule has 1 saturated heterocycles. The van der Waals surface area contributed by atoms with Crippen LogP contribution < -0.4 is 16.0 Å². The molecule has 1 saturated carbocycles. The average Bonchev–Trinajstić information content (AvgIpc) is 3.39. The van der Waals surface area contributed by atoms with Crippen LogP contribution in [0.3, 0.4) is 0 Å². The highest BCUT2D eigenvalue weighted by Crippen LogP contribution is 2.54. The van der Waals surface area contributed by atoms with Gasteiger partial charge in [0, 0.05) is 11.6 Å². The van der Waals surface area contributed by atoms with Crippen LogP contribution in [0.15, 0.2) is 23.0 Å². The first-order valence-electron chi connectivity index (χ1n) is 13.6. The third-order valence-electron chi connectivity index (χ3n) is 9.41. The Labute approximate surface area is 233 Å². The number of likely N-dealkylation sites (N-methyl/N-ethyl adjacent to an activating group) is 1. The van der Waals surface area contributed by atoms with Crippen LogP contribution in [-0.4, -0.2) is 69.1 Å². The van der Waals surface area contributed by atoms with Gasteiger partial charge in [0.05, 0.1) is 35.8 Å². The lowest BCUT2D eigenvalue weighted by molar-refractivity contribution is -0.928. The predicted octanol–water partition coefficient (Wildman–Crippen LogP) is 1.22. The minimum atomic E-state index is -4.84. The van der Waals surface area contributed by atoms with E-state index in [0.29, 0.717) is 24.3 Å². The molecule has 9 N–H and O–H groups in total. The van der Waals surface area contributed by atoms with E-state index in [1.807, 2.05) is 0 Å². The Morgan fingerprint density at radius 1 is 1.27 bits per heavy atom. The fraction of sp³-hybridized carbons (Fsp3) is 0.536. The number of carbonyl (C=O) groups is 2. The van der Waals surface area contributed by atoms with Crippen LogP contribution in [0.25, 0.3) is 5.76 Å². The van der Waals surface area contributed by atoms with Gasteiger partial charge in [-0.1, -0.05) is 0 Å². The van der Waals surface area contributed by atoms with E-state index in [1.165, 1.54) is 0 Å². The molecule has 6 atom stereocenters. The zero-order chi connectivity index (χ0) is 30.3. The second-order valence-electron chi connectivity index (χ2n) is 11.8. The van der Waals surface area contributed by atoms with Gasteiger partial charge in [0.2, 0.25) is 5.78 Å². The largest absolute Gasteiger partial charge is 0.507 e. The molecule has 1 aliphatic heterocycles. The molecule has 0 spiro atoms. The van der Waals surface area contributed by atoms with E-state index in [4.69, 9.17) is 11.1 Å². The van der Waals surface area contributed by atoms with Gasteiger partial charge in [-0.15, -0.1) is 0 Å². The Morgan fingerprint density at radius 3 is 2.46 bits per heavy atom. The van der Waals surface area contributed by atoms with Crippen LogP contribution in [0.2, 0.25) is 0 Å². The van der Waals surface area contributed by atoms with Crippen molar-refractivity contribution in [3.05, 3.63) is 45.2 Å². The number of aliphatic hydroxyl groups excluding tert-OH is 2. The van der Waals surface area contributed by atoms with Crippen LogP contribution in [0, 0.1) is 17.2 Å². The van der Waals surface area contributed by atoms with Gasteiger partial charge in [0.25, 0.3) is 5.91 Å². The molecule has 3 aliphatic carbocycles. The molecule has 2 fully saturated rings. The number of aromatic hydroxyl groups is 1. The standard InChI is InChI=1S/C28H33F3N4O6/c1-10(2)35(3)21-14-8-11-7-13-18(16(36)9-12(15-5-4-6-34-15)20(13)28(29,30)31)22(37)17(11)25(39)27(14,41)24(32)19(23(21)38)26(33)40/h9-11,14-15,21,32,34,36-38,41H,4-8H2,1-3H3,(H2,33,40)/p+1/t11-,14-,15?,21?,27+/m0/s1. The number of Topliss-reactive ketones (excluding diaryl/α,β-unsaturated/α-hetero) is 1. The number of quaternary nitrogens is 1. The van der Waals surface area contributed by atoms with Crippen molar-refractivity contribution in [3.8, 4) is 5.75 Å². The van der Waals surface area contributed by atoms with Gasteiger partial charge in [-0.2, -0.15) is 13.2 Å². The Morgan fingerprint density at radius 2 is 1.93 bits per heavy atom. The molecule has 1 aromatic rings.